The number of halogens is 1. The van der Waals surface area contributed by atoms with Crippen molar-refractivity contribution in [3.8, 4) is 0 Å². The minimum Gasteiger partial charge on any atom is -0.369 e. The lowest BCUT2D eigenvalue weighted by Gasteiger charge is -2.40. The van der Waals surface area contributed by atoms with Crippen molar-refractivity contribution in [3.05, 3.63) is 100 Å². The summed E-state index contributed by atoms with van der Waals surface area (Å²) < 4.78 is 15.4. The van der Waals surface area contributed by atoms with E-state index in [0.717, 1.165) is 60.3 Å². The van der Waals surface area contributed by atoms with Crippen LogP contribution in [0.5, 0.6) is 0 Å². The summed E-state index contributed by atoms with van der Waals surface area (Å²) in [6, 6.07) is 15.4. The van der Waals surface area contributed by atoms with Gasteiger partial charge in [0.25, 0.3) is 0 Å². The Morgan fingerprint density at radius 2 is 1.97 bits per heavy atom. The van der Waals surface area contributed by atoms with Crippen LogP contribution in [-0.2, 0) is 20.1 Å². The van der Waals surface area contributed by atoms with E-state index in [1.165, 1.54) is 11.6 Å². The van der Waals surface area contributed by atoms with Gasteiger partial charge < -0.3 is 9.47 Å². The van der Waals surface area contributed by atoms with Gasteiger partial charge in [0, 0.05) is 68.3 Å². The summed E-state index contributed by atoms with van der Waals surface area (Å²) in [4.78, 5) is 26.3. The van der Waals surface area contributed by atoms with Crippen LogP contribution in [0.15, 0.2) is 71.9 Å². The molecule has 35 heavy (non-hydrogen) atoms. The maximum absolute atomic E-state index is 13.4. The highest BCUT2D eigenvalue weighted by Crippen LogP contribution is 2.25. The number of piperidine rings is 1. The third-order valence-corrected chi connectivity index (χ3v) is 6.88. The number of rotatable bonds is 6. The average Bonchev–Trinajstić information content (AvgIpc) is 2.87. The van der Waals surface area contributed by atoms with Crippen molar-refractivity contribution in [2.75, 3.05) is 18.0 Å². The van der Waals surface area contributed by atoms with E-state index in [0.29, 0.717) is 6.54 Å². The van der Waals surface area contributed by atoms with E-state index in [1.807, 2.05) is 61.3 Å². The van der Waals surface area contributed by atoms with Crippen LogP contribution in [-0.4, -0.2) is 38.6 Å². The number of pyridine rings is 3. The molecular formula is C28H30FN5O. The second-order valence-electron chi connectivity index (χ2n) is 9.40. The van der Waals surface area contributed by atoms with Crippen molar-refractivity contribution < 1.29 is 4.39 Å². The molecule has 1 aromatic carbocycles. The first-order chi connectivity index (χ1) is 17.0. The van der Waals surface area contributed by atoms with Crippen LogP contribution in [0.25, 0.3) is 10.9 Å². The molecule has 4 aromatic rings. The Hall–Kier alpha value is -3.58. The fourth-order valence-electron chi connectivity index (χ4n) is 5.13. The summed E-state index contributed by atoms with van der Waals surface area (Å²) in [7, 11) is 1.99. The Balaban J connectivity index is 1.47. The minimum absolute atomic E-state index is 0.0880. The average molecular weight is 472 g/mol. The molecule has 0 aliphatic carbocycles. The Labute approximate surface area is 204 Å². The highest BCUT2D eigenvalue weighted by Gasteiger charge is 2.27. The van der Waals surface area contributed by atoms with Gasteiger partial charge in [0.05, 0.1) is 17.4 Å². The lowest BCUT2D eigenvalue weighted by Crippen LogP contribution is -2.48. The summed E-state index contributed by atoms with van der Waals surface area (Å²) in [6.07, 6.45) is 7.47. The predicted octanol–water partition coefficient (Wildman–Crippen LogP) is 4.45. The smallest absolute Gasteiger partial charge is 0.212 e. The Morgan fingerprint density at radius 3 is 2.77 bits per heavy atom. The molecule has 0 N–H and O–H groups in total. The molecule has 0 amide bonds. The fraction of sp³-hybridized carbons (Fsp3) is 0.321. The molecule has 1 fully saturated rings. The zero-order valence-electron chi connectivity index (χ0n) is 20.2. The molecule has 7 heteroatoms. The summed E-state index contributed by atoms with van der Waals surface area (Å²) >= 11 is 0. The van der Waals surface area contributed by atoms with E-state index in [9.17, 15) is 9.18 Å². The molecule has 1 aliphatic heterocycles. The van der Waals surface area contributed by atoms with Crippen molar-refractivity contribution in [1.82, 2.24) is 19.4 Å². The Morgan fingerprint density at radius 1 is 1.11 bits per heavy atom. The number of hydrogen-bond donors (Lipinski definition) is 0. The van der Waals surface area contributed by atoms with Crippen LogP contribution in [0, 0.1) is 12.9 Å². The van der Waals surface area contributed by atoms with E-state index in [2.05, 4.69) is 25.8 Å². The van der Waals surface area contributed by atoms with E-state index in [1.54, 1.807) is 12.3 Å². The van der Waals surface area contributed by atoms with Gasteiger partial charge >= 0.3 is 0 Å². The van der Waals surface area contributed by atoms with Gasteiger partial charge in [-0.25, -0.2) is 4.98 Å². The third-order valence-electron chi connectivity index (χ3n) is 6.88. The minimum atomic E-state index is -0.468. The fourth-order valence-corrected chi connectivity index (χ4v) is 5.13. The van der Waals surface area contributed by atoms with Crippen molar-refractivity contribution in [1.29, 1.82) is 0 Å². The van der Waals surface area contributed by atoms with Gasteiger partial charge in [0.1, 0.15) is 0 Å². The Kier molecular flexibility index (Phi) is 6.59. The van der Waals surface area contributed by atoms with E-state index in [-0.39, 0.29) is 11.5 Å². The van der Waals surface area contributed by atoms with Crippen LogP contribution >= 0.6 is 0 Å². The molecule has 6 nitrogen and oxygen atoms in total. The number of anilines is 1. The first kappa shape index (κ1) is 23.2. The Bertz CT molecular complexity index is 1380. The number of aryl methyl sites for hydroxylation is 2. The van der Waals surface area contributed by atoms with Gasteiger partial charge in [-0.1, -0.05) is 12.1 Å². The van der Waals surface area contributed by atoms with Gasteiger partial charge in [0.15, 0.2) is 5.43 Å². The van der Waals surface area contributed by atoms with Crippen molar-refractivity contribution in [2.45, 2.75) is 38.9 Å². The van der Waals surface area contributed by atoms with Gasteiger partial charge in [-0.2, -0.15) is 4.39 Å². The molecule has 0 radical (unpaired) electrons. The standard InChI is InChI=1S/C28H30FN5O/c1-20-14-21(11-12-30-20)16-34(18-22-17-32(2)26-8-4-3-7-25(26)28(22)35)24-6-5-13-33(19-24)23-9-10-27(29)31-15-23/h3-4,7-12,14-15,17,24H,5-6,13,16,18-19H2,1-2H3/t24-/m0/s1. The SMILES string of the molecule is Cc1cc(CN(Cc2cn(C)c3ccccc3c2=O)[C@H]2CCCN(c3ccc(F)nc3)C2)ccn1. The number of hydrogen-bond acceptors (Lipinski definition) is 5. The summed E-state index contributed by atoms with van der Waals surface area (Å²) in [5.41, 5.74) is 4.90. The van der Waals surface area contributed by atoms with Crippen molar-refractivity contribution >= 4 is 16.6 Å². The van der Waals surface area contributed by atoms with Gasteiger partial charge in [0.2, 0.25) is 5.95 Å². The van der Waals surface area contributed by atoms with E-state index in [4.69, 9.17) is 0 Å². The van der Waals surface area contributed by atoms with E-state index >= 15 is 0 Å². The van der Waals surface area contributed by atoms with Gasteiger partial charge in [-0.3, -0.25) is 14.7 Å². The van der Waals surface area contributed by atoms with Gasteiger partial charge in [-0.15, -0.1) is 0 Å². The largest absolute Gasteiger partial charge is 0.369 e. The first-order valence-corrected chi connectivity index (χ1v) is 12.1. The molecule has 0 saturated carbocycles. The molecule has 3 aromatic heterocycles. The summed E-state index contributed by atoms with van der Waals surface area (Å²) in [5.74, 6) is -0.468. The van der Waals surface area contributed by atoms with Crippen LogP contribution in [0.4, 0.5) is 10.1 Å². The van der Waals surface area contributed by atoms with Gasteiger partial charge in [-0.05, 0) is 61.7 Å². The highest BCUT2D eigenvalue weighted by molar-refractivity contribution is 5.79. The molecule has 1 aliphatic rings. The molecule has 1 saturated heterocycles. The van der Waals surface area contributed by atoms with Crippen LogP contribution in [0.3, 0.4) is 0 Å². The maximum Gasteiger partial charge on any atom is 0.212 e. The van der Waals surface area contributed by atoms with Crippen LogP contribution < -0.4 is 10.3 Å². The second kappa shape index (κ2) is 9.96. The molecule has 0 bridgehead atoms. The maximum atomic E-state index is 13.4. The molecule has 180 valence electrons. The molecular weight excluding hydrogens is 441 g/mol. The second-order valence-corrected chi connectivity index (χ2v) is 9.40. The molecule has 4 heterocycles. The van der Waals surface area contributed by atoms with Crippen molar-refractivity contribution in [3.63, 3.8) is 0 Å². The highest BCUT2D eigenvalue weighted by atomic mass is 19.1. The number of aromatic nitrogens is 3. The molecule has 0 unspecified atom stereocenters. The summed E-state index contributed by atoms with van der Waals surface area (Å²) in [6.45, 7) is 4.98. The van der Waals surface area contributed by atoms with Crippen LogP contribution in [0.1, 0.15) is 29.7 Å². The number of nitrogens with zero attached hydrogens (tertiary/aromatic N) is 5. The third kappa shape index (κ3) is 5.10. The monoisotopic (exact) mass is 471 g/mol. The predicted molar refractivity (Wildman–Crippen MR) is 137 cm³/mol. The number of fused-ring (bicyclic) bond motifs is 1. The molecule has 0 spiro atoms. The quantitative estimate of drug-likeness (QED) is 0.389. The van der Waals surface area contributed by atoms with E-state index < -0.39 is 5.95 Å². The molecule has 1 atom stereocenters. The van der Waals surface area contributed by atoms with Crippen molar-refractivity contribution in [2.24, 2.45) is 7.05 Å². The molecule has 5 rings (SSSR count). The normalized spacial score (nSPS) is 16.2. The zero-order chi connectivity index (χ0) is 24.4. The zero-order valence-corrected chi connectivity index (χ0v) is 20.2. The lowest BCUT2D eigenvalue weighted by molar-refractivity contribution is 0.158. The topological polar surface area (TPSA) is 54.3 Å². The summed E-state index contributed by atoms with van der Waals surface area (Å²) in [5, 5.41) is 0.745. The lowest BCUT2D eigenvalue weighted by atomic mass is 10.0. The number of benzene rings is 1. The van der Waals surface area contributed by atoms with Crippen LogP contribution in [0.2, 0.25) is 0 Å². The first-order valence-electron chi connectivity index (χ1n) is 12.1. The number of para-hydroxylation sites is 1.